The van der Waals surface area contributed by atoms with Crippen LogP contribution in [-0.2, 0) is 12.8 Å². The Bertz CT molecular complexity index is 520. The van der Waals surface area contributed by atoms with Gasteiger partial charge in [-0.15, -0.1) is 0 Å². The summed E-state index contributed by atoms with van der Waals surface area (Å²) in [5.74, 6) is 1.89. The van der Waals surface area contributed by atoms with Gasteiger partial charge in [0.25, 0.3) is 0 Å². The molecule has 0 unspecified atom stereocenters. The summed E-state index contributed by atoms with van der Waals surface area (Å²) in [5.41, 5.74) is 8.97. The number of aromatic nitrogens is 2. The molecule has 0 saturated heterocycles. The molecule has 96 valence electrons. The summed E-state index contributed by atoms with van der Waals surface area (Å²) in [6, 6.07) is 6.19. The first-order valence-corrected chi connectivity index (χ1v) is 6.09. The molecule has 0 spiro atoms. The number of H-pyrrole nitrogens is 1. The molecule has 0 radical (unpaired) electrons. The molecule has 0 aliphatic rings. The fraction of sp³-hybridized carbons (Fsp3) is 0.357. The Morgan fingerprint density at radius 3 is 2.89 bits per heavy atom. The third-order valence-electron chi connectivity index (χ3n) is 2.93. The minimum atomic E-state index is 0.642. The zero-order valence-electron chi connectivity index (χ0n) is 10.9. The molecule has 1 aromatic carbocycles. The van der Waals surface area contributed by atoms with Crippen molar-refractivity contribution in [1.29, 1.82) is 0 Å². The molecule has 3 N–H and O–H groups in total. The van der Waals surface area contributed by atoms with Crippen molar-refractivity contribution in [2.24, 2.45) is 5.73 Å². The van der Waals surface area contributed by atoms with E-state index in [2.05, 4.69) is 22.1 Å². The van der Waals surface area contributed by atoms with Crippen molar-refractivity contribution < 1.29 is 4.74 Å². The fourth-order valence-corrected chi connectivity index (χ4v) is 2.02. The highest BCUT2D eigenvalue weighted by Crippen LogP contribution is 2.19. The Hall–Kier alpha value is -1.81. The van der Waals surface area contributed by atoms with Crippen molar-refractivity contribution in [2.45, 2.75) is 19.8 Å². The smallest absolute Gasteiger partial charge is 0.121 e. The van der Waals surface area contributed by atoms with Gasteiger partial charge in [0.1, 0.15) is 11.6 Å². The largest absolute Gasteiger partial charge is 0.496 e. The molecule has 0 atom stereocenters. The topological polar surface area (TPSA) is 63.9 Å². The number of rotatable bonds is 5. The quantitative estimate of drug-likeness (QED) is 0.844. The first kappa shape index (κ1) is 12.6. The molecule has 1 heterocycles. The molecule has 0 bridgehead atoms. The van der Waals surface area contributed by atoms with E-state index in [0.717, 1.165) is 35.7 Å². The maximum Gasteiger partial charge on any atom is 0.121 e. The van der Waals surface area contributed by atoms with E-state index in [1.54, 1.807) is 7.11 Å². The first-order chi connectivity index (χ1) is 8.72. The highest BCUT2D eigenvalue weighted by Gasteiger charge is 2.04. The third kappa shape index (κ3) is 2.90. The van der Waals surface area contributed by atoms with Crippen LogP contribution >= 0.6 is 0 Å². The van der Waals surface area contributed by atoms with Crippen LogP contribution in [0.5, 0.6) is 5.75 Å². The predicted molar refractivity (Wildman–Crippen MR) is 71.9 cm³/mol. The van der Waals surface area contributed by atoms with E-state index in [-0.39, 0.29) is 0 Å². The van der Waals surface area contributed by atoms with E-state index < -0.39 is 0 Å². The summed E-state index contributed by atoms with van der Waals surface area (Å²) >= 11 is 0. The highest BCUT2D eigenvalue weighted by molar-refractivity contribution is 5.37. The Kier molecular flexibility index (Phi) is 3.99. The number of imidazole rings is 1. The Morgan fingerprint density at radius 1 is 1.39 bits per heavy atom. The van der Waals surface area contributed by atoms with E-state index in [1.807, 2.05) is 19.2 Å². The van der Waals surface area contributed by atoms with Gasteiger partial charge in [-0.25, -0.2) is 4.98 Å². The SMILES string of the molecule is COc1ccc(Cc2ncc(CCN)[nH]2)cc1C. The van der Waals surface area contributed by atoms with E-state index in [0.29, 0.717) is 6.54 Å². The summed E-state index contributed by atoms with van der Waals surface area (Å²) in [5, 5.41) is 0. The van der Waals surface area contributed by atoms with Crippen molar-refractivity contribution in [3.8, 4) is 5.75 Å². The lowest BCUT2D eigenvalue weighted by molar-refractivity contribution is 0.411. The van der Waals surface area contributed by atoms with Crippen molar-refractivity contribution in [3.63, 3.8) is 0 Å². The zero-order chi connectivity index (χ0) is 13.0. The standard InChI is InChI=1S/C14H19N3O/c1-10-7-11(3-4-13(10)18-2)8-14-16-9-12(17-14)5-6-15/h3-4,7,9H,5-6,8,15H2,1-2H3,(H,16,17). The number of hydrogen-bond acceptors (Lipinski definition) is 3. The molecule has 1 aromatic heterocycles. The highest BCUT2D eigenvalue weighted by atomic mass is 16.5. The molecule has 2 aromatic rings. The van der Waals surface area contributed by atoms with Crippen LogP contribution < -0.4 is 10.5 Å². The normalized spacial score (nSPS) is 10.6. The second kappa shape index (κ2) is 5.69. The molecular weight excluding hydrogens is 226 g/mol. The molecule has 0 fully saturated rings. The molecule has 0 amide bonds. The number of ether oxygens (including phenoxy) is 1. The summed E-state index contributed by atoms with van der Waals surface area (Å²) in [6.45, 7) is 2.69. The monoisotopic (exact) mass is 245 g/mol. The van der Waals surface area contributed by atoms with Gasteiger partial charge in [-0.1, -0.05) is 12.1 Å². The Morgan fingerprint density at radius 2 is 2.22 bits per heavy atom. The van der Waals surface area contributed by atoms with Crippen molar-refractivity contribution in [2.75, 3.05) is 13.7 Å². The van der Waals surface area contributed by atoms with Gasteiger partial charge in [0.2, 0.25) is 0 Å². The van der Waals surface area contributed by atoms with Crippen molar-refractivity contribution in [3.05, 3.63) is 47.0 Å². The molecule has 2 rings (SSSR count). The van der Waals surface area contributed by atoms with Gasteiger partial charge in [-0.05, 0) is 30.7 Å². The third-order valence-corrected chi connectivity index (χ3v) is 2.93. The average molecular weight is 245 g/mol. The molecule has 0 aliphatic carbocycles. The minimum Gasteiger partial charge on any atom is -0.496 e. The van der Waals surface area contributed by atoms with Gasteiger partial charge >= 0.3 is 0 Å². The second-order valence-corrected chi connectivity index (χ2v) is 4.37. The van der Waals surface area contributed by atoms with Gasteiger partial charge in [-0.3, -0.25) is 0 Å². The molecule has 4 nitrogen and oxygen atoms in total. The summed E-state index contributed by atoms with van der Waals surface area (Å²) in [4.78, 5) is 7.65. The van der Waals surface area contributed by atoms with Crippen molar-refractivity contribution >= 4 is 0 Å². The number of hydrogen-bond donors (Lipinski definition) is 2. The molecule has 18 heavy (non-hydrogen) atoms. The Labute approximate surface area is 107 Å². The van der Waals surface area contributed by atoms with Crippen LogP contribution in [0.25, 0.3) is 0 Å². The second-order valence-electron chi connectivity index (χ2n) is 4.37. The number of nitrogens with zero attached hydrogens (tertiary/aromatic N) is 1. The van der Waals surface area contributed by atoms with Gasteiger partial charge in [0.05, 0.1) is 7.11 Å². The van der Waals surface area contributed by atoms with Crippen LogP contribution in [0, 0.1) is 6.92 Å². The predicted octanol–water partition coefficient (Wildman–Crippen LogP) is 1.82. The minimum absolute atomic E-state index is 0.642. The van der Waals surface area contributed by atoms with Crippen molar-refractivity contribution in [1.82, 2.24) is 9.97 Å². The lowest BCUT2D eigenvalue weighted by Crippen LogP contribution is -2.03. The number of benzene rings is 1. The molecule has 0 aliphatic heterocycles. The van der Waals surface area contributed by atoms with Gasteiger partial charge in [-0.2, -0.15) is 0 Å². The summed E-state index contributed by atoms with van der Waals surface area (Å²) in [7, 11) is 1.69. The van der Waals surface area contributed by atoms with Crippen LogP contribution in [-0.4, -0.2) is 23.6 Å². The van der Waals surface area contributed by atoms with E-state index in [4.69, 9.17) is 10.5 Å². The maximum absolute atomic E-state index is 5.51. The number of methoxy groups -OCH3 is 1. The zero-order valence-corrected chi connectivity index (χ0v) is 10.9. The van der Waals surface area contributed by atoms with Gasteiger partial charge in [0.15, 0.2) is 0 Å². The maximum atomic E-state index is 5.51. The molecule has 0 saturated carbocycles. The summed E-state index contributed by atoms with van der Waals surface area (Å²) < 4.78 is 5.25. The number of nitrogens with two attached hydrogens (primary N) is 1. The van der Waals surface area contributed by atoms with Gasteiger partial charge < -0.3 is 15.5 Å². The van der Waals surface area contributed by atoms with E-state index >= 15 is 0 Å². The first-order valence-electron chi connectivity index (χ1n) is 6.09. The number of nitrogens with one attached hydrogen (secondary N) is 1. The average Bonchev–Trinajstić information content (AvgIpc) is 2.77. The van der Waals surface area contributed by atoms with Crippen LogP contribution in [0.15, 0.2) is 24.4 Å². The van der Waals surface area contributed by atoms with Crippen LogP contribution in [0.3, 0.4) is 0 Å². The van der Waals surface area contributed by atoms with E-state index in [9.17, 15) is 0 Å². The fourth-order valence-electron chi connectivity index (χ4n) is 2.02. The number of aryl methyl sites for hydroxylation is 1. The Balaban J connectivity index is 2.10. The van der Waals surface area contributed by atoms with Gasteiger partial charge in [0, 0.05) is 24.7 Å². The lowest BCUT2D eigenvalue weighted by atomic mass is 10.1. The number of aromatic amines is 1. The molecular formula is C14H19N3O. The lowest BCUT2D eigenvalue weighted by Gasteiger charge is -2.06. The summed E-state index contributed by atoms with van der Waals surface area (Å²) in [6.07, 6.45) is 3.50. The van der Waals surface area contributed by atoms with E-state index in [1.165, 1.54) is 5.56 Å². The van der Waals surface area contributed by atoms with Crippen LogP contribution in [0.2, 0.25) is 0 Å². The van der Waals surface area contributed by atoms with Crippen LogP contribution in [0.4, 0.5) is 0 Å². The molecule has 4 heteroatoms. The van der Waals surface area contributed by atoms with Crippen LogP contribution in [0.1, 0.15) is 22.6 Å².